The summed E-state index contributed by atoms with van der Waals surface area (Å²) < 4.78 is 21.6. The molecule has 5 nitrogen and oxygen atoms in total. The summed E-state index contributed by atoms with van der Waals surface area (Å²) in [7, 11) is -3.06. The van der Waals surface area contributed by atoms with E-state index in [0.717, 1.165) is 11.2 Å². The molecule has 0 saturated carbocycles. The molecule has 0 unspecified atom stereocenters. The Morgan fingerprint density at radius 3 is 2.50 bits per heavy atom. The Morgan fingerprint density at radius 1 is 1.67 bits per heavy atom. The number of nitrogens with zero attached hydrogens (tertiary/aromatic N) is 1. The molecule has 1 N–H and O–H groups in total. The van der Waals surface area contributed by atoms with Crippen LogP contribution in [0.3, 0.4) is 0 Å². The number of likely N-dealkylation sites (tertiary alicyclic amines) is 1. The van der Waals surface area contributed by atoms with Crippen LogP contribution in [-0.2, 0) is 9.84 Å². The molecule has 1 saturated heterocycles. The van der Waals surface area contributed by atoms with Gasteiger partial charge in [0.05, 0.1) is 11.8 Å². The van der Waals surface area contributed by atoms with Crippen LogP contribution in [0.4, 0.5) is 4.79 Å². The predicted octanol–water partition coefficient (Wildman–Crippen LogP) is -0.217. The van der Waals surface area contributed by atoms with Crippen molar-refractivity contribution in [3.05, 3.63) is 0 Å². The van der Waals surface area contributed by atoms with Crippen LogP contribution >= 0.6 is 0 Å². The van der Waals surface area contributed by atoms with Gasteiger partial charge in [-0.3, -0.25) is 0 Å². The summed E-state index contributed by atoms with van der Waals surface area (Å²) in [6.07, 6.45) is 0.736. The van der Waals surface area contributed by atoms with Crippen molar-refractivity contribution in [2.24, 2.45) is 0 Å². The Bertz CT molecular complexity index is 284. The molecule has 1 atom stereocenters. The molecule has 0 aliphatic carbocycles. The SMILES string of the molecule is CS(=O)(=O)C[C@@H]1CCN1C(=O)O. The van der Waals surface area contributed by atoms with E-state index < -0.39 is 15.9 Å². The number of rotatable bonds is 2. The summed E-state index contributed by atoms with van der Waals surface area (Å²) in [6.45, 7) is 0.454. The van der Waals surface area contributed by atoms with Crippen LogP contribution in [0, 0.1) is 0 Å². The van der Waals surface area contributed by atoms with E-state index in [2.05, 4.69) is 0 Å². The summed E-state index contributed by atoms with van der Waals surface area (Å²) in [6, 6.07) is -0.322. The van der Waals surface area contributed by atoms with Crippen molar-refractivity contribution in [2.45, 2.75) is 12.5 Å². The first-order chi connectivity index (χ1) is 5.40. The summed E-state index contributed by atoms with van der Waals surface area (Å²) in [5.74, 6) is -0.0563. The Labute approximate surface area is 70.9 Å². The molecule has 0 aromatic rings. The maximum Gasteiger partial charge on any atom is 0.407 e. The fraction of sp³-hybridized carbons (Fsp3) is 0.833. The smallest absolute Gasteiger partial charge is 0.407 e. The van der Waals surface area contributed by atoms with Crippen molar-refractivity contribution in [3.63, 3.8) is 0 Å². The van der Waals surface area contributed by atoms with Gasteiger partial charge in [-0.15, -0.1) is 0 Å². The van der Waals surface area contributed by atoms with Crippen molar-refractivity contribution >= 4 is 15.9 Å². The lowest BCUT2D eigenvalue weighted by atomic mass is 10.1. The molecule has 1 aliphatic rings. The van der Waals surface area contributed by atoms with Crippen molar-refractivity contribution in [2.75, 3.05) is 18.6 Å². The molecule has 1 fully saturated rings. The molecule has 12 heavy (non-hydrogen) atoms. The third-order valence-electron chi connectivity index (χ3n) is 1.88. The van der Waals surface area contributed by atoms with Crippen LogP contribution in [0.2, 0.25) is 0 Å². The van der Waals surface area contributed by atoms with Crippen LogP contribution < -0.4 is 0 Å². The van der Waals surface area contributed by atoms with Gasteiger partial charge in [0, 0.05) is 12.8 Å². The van der Waals surface area contributed by atoms with Crippen LogP contribution in [0.25, 0.3) is 0 Å². The van der Waals surface area contributed by atoms with E-state index in [1.54, 1.807) is 0 Å². The lowest BCUT2D eigenvalue weighted by Crippen LogP contribution is -2.53. The van der Waals surface area contributed by atoms with Gasteiger partial charge in [-0.25, -0.2) is 13.2 Å². The van der Waals surface area contributed by atoms with Gasteiger partial charge in [-0.2, -0.15) is 0 Å². The van der Waals surface area contributed by atoms with E-state index in [4.69, 9.17) is 5.11 Å². The largest absolute Gasteiger partial charge is 0.465 e. The Morgan fingerprint density at radius 2 is 2.25 bits per heavy atom. The highest BCUT2D eigenvalue weighted by molar-refractivity contribution is 7.90. The zero-order chi connectivity index (χ0) is 9.35. The summed E-state index contributed by atoms with van der Waals surface area (Å²) in [5.41, 5.74) is 0. The molecule has 0 aromatic heterocycles. The molecule has 1 heterocycles. The van der Waals surface area contributed by atoms with E-state index in [1.165, 1.54) is 0 Å². The van der Waals surface area contributed by atoms with Crippen LogP contribution in [0.15, 0.2) is 0 Å². The maximum absolute atomic E-state index is 10.8. The third kappa shape index (κ3) is 2.10. The number of sulfone groups is 1. The molecule has 0 aromatic carbocycles. The minimum atomic E-state index is -3.06. The number of carboxylic acid groups (broad SMARTS) is 1. The number of hydrogen-bond donors (Lipinski definition) is 1. The second kappa shape index (κ2) is 2.93. The molecular weight excluding hydrogens is 182 g/mol. The first kappa shape index (κ1) is 9.31. The molecule has 0 radical (unpaired) electrons. The van der Waals surface area contributed by atoms with Gasteiger partial charge in [0.2, 0.25) is 0 Å². The van der Waals surface area contributed by atoms with Crippen LogP contribution in [0.1, 0.15) is 6.42 Å². The Kier molecular flexibility index (Phi) is 2.27. The lowest BCUT2D eigenvalue weighted by Gasteiger charge is -2.38. The topological polar surface area (TPSA) is 74.7 Å². The molecule has 1 rings (SSSR count). The average Bonchev–Trinajstić information content (AvgIpc) is 1.77. The van der Waals surface area contributed by atoms with Gasteiger partial charge in [-0.05, 0) is 6.42 Å². The molecule has 1 aliphatic heterocycles. The van der Waals surface area contributed by atoms with Crippen LogP contribution in [-0.4, -0.2) is 49.1 Å². The quantitative estimate of drug-likeness (QED) is 0.658. The van der Waals surface area contributed by atoms with E-state index in [9.17, 15) is 13.2 Å². The van der Waals surface area contributed by atoms with E-state index in [1.807, 2.05) is 0 Å². The number of carbonyl (C=O) groups is 1. The highest BCUT2D eigenvalue weighted by Crippen LogP contribution is 2.18. The van der Waals surface area contributed by atoms with Gasteiger partial charge in [0.15, 0.2) is 0 Å². The second-order valence-electron chi connectivity index (χ2n) is 3.01. The van der Waals surface area contributed by atoms with Crippen molar-refractivity contribution < 1.29 is 18.3 Å². The minimum absolute atomic E-state index is 0.0563. The standard InChI is InChI=1S/C6H11NO4S/c1-12(10,11)4-5-2-3-7(5)6(8)9/h5H,2-4H2,1H3,(H,8,9)/t5-/m0/s1. The maximum atomic E-state index is 10.8. The first-order valence-electron chi connectivity index (χ1n) is 3.57. The second-order valence-corrected chi connectivity index (χ2v) is 5.20. The summed E-state index contributed by atoms with van der Waals surface area (Å²) >= 11 is 0. The summed E-state index contributed by atoms with van der Waals surface area (Å²) in [4.78, 5) is 11.6. The normalized spacial score (nSPS) is 23.4. The van der Waals surface area contributed by atoms with Crippen LogP contribution in [0.5, 0.6) is 0 Å². The Balaban J connectivity index is 2.51. The molecule has 6 heteroatoms. The van der Waals surface area contributed by atoms with Gasteiger partial charge < -0.3 is 10.0 Å². The summed E-state index contributed by atoms with van der Waals surface area (Å²) in [5, 5.41) is 8.53. The molecule has 0 bridgehead atoms. The number of amides is 1. The average molecular weight is 193 g/mol. The van der Waals surface area contributed by atoms with Gasteiger partial charge in [-0.1, -0.05) is 0 Å². The van der Waals surface area contributed by atoms with Crippen molar-refractivity contribution in [1.82, 2.24) is 4.90 Å². The predicted molar refractivity (Wildman–Crippen MR) is 42.8 cm³/mol. The van der Waals surface area contributed by atoms with E-state index in [-0.39, 0.29) is 11.8 Å². The van der Waals surface area contributed by atoms with Gasteiger partial charge in [0.25, 0.3) is 0 Å². The zero-order valence-electron chi connectivity index (χ0n) is 6.73. The van der Waals surface area contributed by atoms with Crippen molar-refractivity contribution in [1.29, 1.82) is 0 Å². The fourth-order valence-electron chi connectivity index (χ4n) is 1.22. The van der Waals surface area contributed by atoms with Gasteiger partial charge in [0.1, 0.15) is 9.84 Å². The van der Waals surface area contributed by atoms with E-state index in [0.29, 0.717) is 13.0 Å². The highest BCUT2D eigenvalue weighted by atomic mass is 32.2. The first-order valence-corrected chi connectivity index (χ1v) is 5.63. The Hall–Kier alpha value is -0.780. The molecule has 1 amide bonds. The molecular formula is C6H11NO4S. The van der Waals surface area contributed by atoms with E-state index >= 15 is 0 Å². The fourth-order valence-corrected chi connectivity index (χ4v) is 2.26. The monoisotopic (exact) mass is 193 g/mol. The molecule has 70 valence electrons. The molecule has 0 spiro atoms. The third-order valence-corrected chi connectivity index (χ3v) is 2.88. The zero-order valence-corrected chi connectivity index (χ0v) is 7.54. The lowest BCUT2D eigenvalue weighted by molar-refractivity contribution is 0.0848. The van der Waals surface area contributed by atoms with Gasteiger partial charge >= 0.3 is 6.09 Å². The highest BCUT2D eigenvalue weighted by Gasteiger charge is 2.34. The number of hydrogen-bond acceptors (Lipinski definition) is 3. The van der Waals surface area contributed by atoms with Crippen molar-refractivity contribution in [3.8, 4) is 0 Å². The minimum Gasteiger partial charge on any atom is -0.465 e.